The largest absolute Gasteiger partial charge is 0.462 e. The summed E-state index contributed by atoms with van der Waals surface area (Å²) in [5.41, 5.74) is 0.985. The number of non-ortho nitro benzene ring substituents is 1. The topological polar surface area (TPSA) is 133 Å². The van der Waals surface area contributed by atoms with Gasteiger partial charge in [-0.1, -0.05) is 35.6 Å². The molecule has 0 N–H and O–H groups in total. The van der Waals surface area contributed by atoms with Crippen molar-refractivity contribution < 1.29 is 23.7 Å². The van der Waals surface area contributed by atoms with Crippen LogP contribution in [0.15, 0.2) is 75.9 Å². The van der Waals surface area contributed by atoms with Crippen LogP contribution in [-0.2, 0) is 4.74 Å². The van der Waals surface area contributed by atoms with Gasteiger partial charge < -0.3 is 9.15 Å². The standard InChI is InChI=1S/C27H17N3O7S/c1-2-36-26(33)15-10-11-18-20(13-15)38-27(28-18)29-22(14-6-5-7-16(12-14)30(34)35)21-23(31)17-8-3-4-9-19(17)37-24(21)25(29)32/h3-13,22H,2H2,1H3/t22-/m0/s1. The van der Waals surface area contributed by atoms with Gasteiger partial charge in [-0.3, -0.25) is 24.6 Å². The highest BCUT2D eigenvalue weighted by Gasteiger charge is 2.45. The van der Waals surface area contributed by atoms with Crippen LogP contribution in [0.1, 0.15) is 45.0 Å². The van der Waals surface area contributed by atoms with Crippen molar-refractivity contribution in [1.29, 1.82) is 0 Å². The number of rotatable bonds is 5. The first-order chi connectivity index (χ1) is 18.4. The first kappa shape index (κ1) is 23.5. The number of fused-ring (bicyclic) bond motifs is 3. The minimum atomic E-state index is -1.01. The van der Waals surface area contributed by atoms with Crippen molar-refractivity contribution in [1.82, 2.24) is 4.98 Å². The van der Waals surface area contributed by atoms with Gasteiger partial charge in [0.1, 0.15) is 5.58 Å². The van der Waals surface area contributed by atoms with Crippen molar-refractivity contribution in [3.63, 3.8) is 0 Å². The molecule has 38 heavy (non-hydrogen) atoms. The average molecular weight is 528 g/mol. The van der Waals surface area contributed by atoms with E-state index < -0.39 is 28.3 Å². The van der Waals surface area contributed by atoms with Crippen LogP contribution in [-0.4, -0.2) is 28.4 Å². The van der Waals surface area contributed by atoms with Crippen LogP contribution in [0.2, 0.25) is 0 Å². The summed E-state index contributed by atoms with van der Waals surface area (Å²) in [7, 11) is 0. The van der Waals surface area contributed by atoms with E-state index in [1.165, 1.54) is 23.1 Å². The molecule has 0 fully saturated rings. The molecule has 3 aromatic carbocycles. The Morgan fingerprint density at radius 2 is 1.95 bits per heavy atom. The summed E-state index contributed by atoms with van der Waals surface area (Å²) in [5.74, 6) is -1.22. The number of nitro groups is 1. The summed E-state index contributed by atoms with van der Waals surface area (Å²) in [6, 6.07) is 16.2. The van der Waals surface area contributed by atoms with E-state index >= 15 is 0 Å². The molecule has 3 heterocycles. The molecule has 2 aromatic heterocycles. The average Bonchev–Trinajstić information content (AvgIpc) is 3.47. The number of thiazole rings is 1. The Morgan fingerprint density at radius 1 is 1.13 bits per heavy atom. The third-order valence-electron chi connectivity index (χ3n) is 6.27. The maximum absolute atomic E-state index is 13.8. The Labute approximate surface area is 217 Å². The number of hydrogen-bond acceptors (Lipinski definition) is 9. The second kappa shape index (κ2) is 8.89. The Kier molecular flexibility index (Phi) is 5.50. The molecule has 1 aliphatic rings. The number of aromatic nitrogens is 1. The molecule has 0 unspecified atom stereocenters. The van der Waals surface area contributed by atoms with Gasteiger partial charge in [0.15, 0.2) is 10.6 Å². The lowest BCUT2D eigenvalue weighted by atomic mass is 9.98. The third-order valence-corrected chi connectivity index (χ3v) is 7.29. The van der Waals surface area contributed by atoms with Gasteiger partial charge in [-0.05, 0) is 42.8 Å². The SMILES string of the molecule is CCOC(=O)c1ccc2nc(N3C(=O)c4oc5ccccc5c(=O)c4[C@@H]3c3cccc([N+](=O)[O-])c3)sc2c1. The van der Waals surface area contributed by atoms with Crippen LogP contribution in [0.25, 0.3) is 21.2 Å². The molecule has 188 valence electrons. The zero-order valence-corrected chi connectivity index (χ0v) is 20.6. The number of hydrogen-bond donors (Lipinski definition) is 0. The second-order valence-electron chi connectivity index (χ2n) is 8.50. The molecule has 10 nitrogen and oxygen atoms in total. The van der Waals surface area contributed by atoms with E-state index in [1.807, 2.05) is 0 Å². The maximum Gasteiger partial charge on any atom is 0.338 e. The lowest BCUT2D eigenvalue weighted by Gasteiger charge is -2.22. The summed E-state index contributed by atoms with van der Waals surface area (Å²) in [5, 5.41) is 12.1. The van der Waals surface area contributed by atoms with E-state index in [1.54, 1.807) is 55.5 Å². The van der Waals surface area contributed by atoms with Crippen LogP contribution in [0, 0.1) is 10.1 Å². The van der Waals surface area contributed by atoms with Crippen molar-refractivity contribution in [3.8, 4) is 0 Å². The number of nitrogens with zero attached hydrogens (tertiary/aromatic N) is 3. The fourth-order valence-electron chi connectivity index (χ4n) is 4.60. The Balaban J connectivity index is 1.57. The minimum absolute atomic E-state index is 0.0840. The molecule has 1 atom stereocenters. The van der Waals surface area contributed by atoms with Crippen molar-refractivity contribution in [2.24, 2.45) is 0 Å². The van der Waals surface area contributed by atoms with Crippen molar-refractivity contribution in [3.05, 3.63) is 110 Å². The minimum Gasteiger partial charge on any atom is -0.462 e. The number of esters is 1. The number of anilines is 1. The predicted molar refractivity (Wildman–Crippen MR) is 140 cm³/mol. The van der Waals surface area contributed by atoms with E-state index in [-0.39, 0.29) is 34.3 Å². The van der Waals surface area contributed by atoms with Crippen molar-refractivity contribution in [2.75, 3.05) is 11.5 Å². The number of carbonyl (C=O) groups is 2. The van der Waals surface area contributed by atoms with Gasteiger partial charge in [0, 0.05) is 12.1 Å². The molecule has 1 aliphatic heterocycles. The Hall–Kier alpha value is -4.90. The molecule has 6 rings (SSSR count). The highest BCUT2D eigenvalue weighted by Crippen LogP contribution is 2.44. The van der Waals surface area contributed by atoms with Crippen LogP contribution in [0.3, 0.4) is 0 Å². The zero-order valence-electron chi connectivity index (χ0n) is 19.7. The molecular formula is C27H17N3O7S. The first-order valence-electron chi connectivity index (χ1n) is 11.6. The molecule has 0 saturated carbocycles. The second-order valence-corrected chi connectivity index (χ2v) is 9.51. The Bertz CT molecular complexity index is 1860. The molecule has 11 heteroatoms. The summed E-state index contributed by atoms with van der Waals surface area (Å²) in [6.07, 6.45) is 0. The molecular weight excluding hydrogens is 510 g/mol. The lowest BCUT2D eigenvalue weighted by Crippen LogP contribution is -2.29. The van der Waals surface area contributed by atoms with Crippen molar-refractivity contribution >= 4 is 55.2 Å². The fraction of sp³-hybridized carbons (Fsp3) is 0.111. The first-order valence-corrected chi connectivity index (χ1v) is 12.4. The number of benzene rings is 3. The van der Waals surface area contributed by atoms with Gasteiger partial charge in [0.2, 0.25) is 5.76 Å². The maximum atomic E-state index is 13.8. The van der Waals surface area contributed by atoms with Gasteiger partial charge in [-0.25, -0.2) is 9.78 Å². The van der Waals surface area contributed by atoms with Gasteiger partial charge in [-0.2, -0.15) is 0 Å². The third kappa shape index (κ3) is 3.63. The Morgan fingerprint density at radius 3 is 2.74 bits per heavy atom. The number of carbonyl (C=O) groups excluding carboxylic acids is 2. The molecule has 0 spiro atoms. The normalized spacial score (nSPS) is 14.7. The van der Waals surface area contributed by atoms with Gasteiger partial charge in [-0.15, -0.1) is 0 Å². The summed E-state index contributed by atoms with van der Waals surface area (Å²) in [6.45, 7) is 1.94. The van der Waals surface area contributed by atoms with Crippen LogP contribution >= 0.6 is 11.3 Å². The zero-order chi connectivity index (χ0) is 26.6. The molecule has 0 bridgehead atoms. The van der Waals surface area contributed by atoms with E-state index in [2.05, 4.69) is 4.98 Å². The lowest BCUT2D eigenvalue weighted by molar-refractivity contribution is -0.384. The molecule has 0 saturated heterocycles. The number of ether oxygens (including phenoxy) is 1. The quantitative estimate of drug-likeness (QED) is 0.172. The molecule has 0 aliphatic carbocycles. The van der Waals surface area contributed by atoms with Crippen LogP contribution in [0.4, 0.5) is 10.8 Å². The van der Waals surface area contributed by atoms with Gasteiger partial charge in [0.05, 0.1) is 44.3 Å². The van der Waals surface area contributed by atoms with E-state index in [9.17, 15) is 24.5 Å². The van der Waals surface area contributed by atoms with Gasteiger partial charge in [0.25, 0.3) is 11.6 Å². The summed E-state index contributed by atoms with van der Waals surface area (Å²) >= 11 is 1.15. The van der Waals surface area contributed by atoms with E-state index in [4.69, 9.17) is 9.15 Å². The summed E-state index contributed by atoms with van der Waals surface area (Å²) < 4.78 is 11.6. The molecule has 1 amide bonds. The van der Waals surface area contributed by atoms with Gasteiger partial charge >= 0.3 is 5.97 Å². The number of nitro benzene ring substituents is 1. The highest BCUT2D eigenvalue weighted by molar-refractivity contribution is 7.22. The van der Waals surface area contributed by atoms with Crippen LogP contribution in [0.5, 0.6) is 0 Å². The van der Waals surface area contributed by atoms with Crippen LogP contribution < -0.4 is 10.3 Å². The highest BCUT2D eigenvalue weighted by atomic mass is 32.1. The number of para-hydroxylation sites is 1. The van der Waals surface area contributed by atoms with E-state index in [0.29, 0.717) is 26.7 Å². The number of amides is 1. The smallest absolute Gasteiger partial charge is 0.338 e. The summed E-state index contributed by atoms with van der Waals surface area (Å²) in [4.78, 5) is 56.6. The fourth-order valence-corrected chi connectivity index (χ4v) is 5.63. The molecule has 5 aromatic rings. The van der Waals surface area contributed by atoms with E-state index in [0.717, 1.165) is 11.3 Å². The monoisotopic (exact) mass is 527 g/mol. The predicted octanol–water partition coefficient (Wildman–Crippen LogP) is 5.24. The molecule has 0 radical (unpaired) electrons. The van der Waals surface area contributed by atoms with Crippen molar-refractivity contribution in [2.45, 2.75) is 13.0 Å².